The normalized spacial score (nSPS) is 9.50. The Kier molecular flexibility index (Phi) is 2.68. The van der Waals surface area contributed by atoms with Gasteiger partial charge in [-0.3, -0.25) is 10.2 Å². The second kappa shape index (κ2) is 3.75. The van der Waals surface area contributed by atoms with E-state index in [4.69, 9.17) is 10.9 Å². The van der Waals surface area contributed by atoms with Gasteiger partial charge in [-0.2, -0.15) is 0 Å². The number of hydrazine groups is 1. The molecule has 1 aromatic carbocycles. The lowest BCUT2D eigenvalue weighted by Gasteiger charge is -2.03. The summed E-state index contributed by atoms with van der Waals surface area (Å²) < 4.78 is 0. The topological polar surface area (TPSA) is 113 Å². The Hall–Kier alpha value is -2.08. The monoisotopic (exact) mass is 196 g/mol. The maximum atomic E-state index is 11.0. The third kappa shape index (κ3) is 1.80. The Morgan fingerprint density at radius 2 is 2.00 bits per heavy atom. The van der Waals surface area contributed by atoms with Crippen molar-refractivity contribution in [3.8, 4) is 5.75 Å². The predicted molar refractivity (Wildman–Crippen MR) is 46.7 cm³/mol. The lowest BCUT2D eigenvalue weighted by molar-refractivity contribution is 0.0697. The molecule has 0 aliphatic rings. The molecule has 1 rings (SSSR count). The van der Waals surface area contributed by atoms with Crippen molar-refractivity contribution in [3.63, 3.8) is 0 Å². The number of aromatic carboxylic acids is 1. The molecular weight excluding hydrogens is 188 g/mol. The molecule has 0 bridgehead atoms. The molecule has 1 amide bonds. The number of amides is 1. The third-order valence-corrected chi connectivity index (χ3v) is 1.62. The van der Waals surface area contributed by atoms with E-state index in [1.54, 1.807) is 5.43 Å². The molecule has 6 heteroatoms. The lowest BCUT2D eigenvalue weighted by Crippen LogP contribution is -2.30. The largest absolute Gasteiger partial charge is 0.507 e. The van der Waals surface area contributed by atoms with E-state index in [-0.39, 0.29) is 16.9 Å². The van der Waals surface area contributed by atoms with Gasteiger partial charge in [-0.05, 0) is 18.2 Å². The first kappa shape index (κ1) is 10.0. The van der Waals surface area contributed by atoms with Crippen molar-refractivity contribution in [3.05, 3.63) is 29.3 Å². The number of nitrogen functional groups attached to an aromatic ring is 1. The summed E-state index contributed by atoms with van der Waals surface area (Å²) in [5, 5.41) is 17.8. The second-order valence-electron chi connectivity index (χ2n) is 2.51. The highest BCUT2D eigenvalue weighted by Crippen LogP contribution is 2.18. The van der Waals surface area contributed by atoms with E-state index in [1.165, 1.54) is 6.07 Å². The van der Waals surface area contributed by atoms with Crippen LogP contribution in [0.4, 0.5) is 0 Å². The van der Waals surface area contributed by atoms with Crippen molar-refractivity contribution in [2.24, 2.45) is 5.84 Å². The summed E-state index contributed by atoms with van der Waals surface area (Å²) in [5.74, 6) is 2.59. The summed E-state index contributed by atoms with van der Waals surface area (Å²) >= 11 is 0. The molecule has 0 aromatic heterocycles. The fourth-order valence-electron chi connectivity index (χ4n) is 0.929. The average molecular weight is 196 g/mol. The maximum Gasteiger partial charge on any atom is 0.335 e. The number of rotatable bonds is 2. The molecule has 5 N–H and O–H groups in total. The van der Waals surface area contributed by atoms with Crippen molar-refractivity contribution >= 4 is 11.9 Å². The van der Waals surface area contributed by atoms with E-state index in [1.807, 2.05) is 0 Å². The number of carboxylic acid groups (broad SMARTS) is 1. The van der Waals surface area contributed by atoms with Crippen LogP contribution in [0.5, 0.6) is 5.75 Å². The molecule has 74 valence electrons. The average Bonchev–Trinajstić information content (AvgIpc) is 2.17. The summed E-state index contributed by atoms with van der Waals surface area (Å²) in [7, 11) is 0. The summed E-state index contributed by atoms with van der Waals surface area (Å²) in [5.41, 5.74) is 1.53. The molecule has 6 nitrogen and oxygen atoms in total. The molecule has 0 unspecified atom stereocenters. The van der Waals surface area contributed by atoms with Gasteiger partial charge >= 0.3 is 5.97 Å². The zero-order valence-electron chi connectivity index (χ0n) is 7.02. The highest BCUT2D eigenvalue weighted by molar-refractivity contribution is 5.99. The SMILES string of the molecule is NNC(=O)c1cc(C(=O)O)ccc1O. The molecule has 0 spiro atoms. The van der Waals surface area contributed by atoms with Crippen LogP contribution in [-0.2, 0) is 0 Å². The van der Waals surface area contributed by atoms with Gasteiger partial charge in [0, 0.05) is 0 Å². The van der Waals surface area contributed by atoms with Gasteiger partial charge in [0.25, 0.3) is 5.91 Å². The molecule has 1 aromatic rings. The van der Waals surface area contributed by atoms with Crippen molar-refractivity contribution < 1.29 is 19.8 Å². The molecule has 0 aliphatic carbocycles. The van der Waals surface area contributed by atoms with Crippen LogP contribution in [-0.4, -0.2) is 22.1 Å². The van der Waals surface area contributed by atoms with Gasteiger partial charge in [0.2, 0.25) is 0 Å². The first-order valence-electron chi connectivity index (χ1n) is 3.63. The van der Waals surface area contributed by atoms with Crippen LogP contribution in [0, 0.1) is 0 Å². The van der Waals surface area contributed by atoms with Crippen LogP contribution in [0.25, 0.3) is 0 Å². The van der Waals surface area contributed by atoms with Gasteiger partial charge in [0.15, 0.2) is 0 Å². The van der Waals surface area contributed by atoms with Gasteiger partial charge < -0.3 is 10.2 Å². The first-order chi connectivity index (χ1) is 6.56. The minimum absolute atomic E-state index is 0.0959. The number of hydrogen-bond acceptors (Lipinski definition) is 4. The van der Waals surface area contributed by atoms with Crippen LogP contribution in [0.1, 0.15) is 20.7 Å². The molecular formula is C8H8N2O4. The molecule has 0 aliphatic heterocycles. The van der Waals surface area contributed by atoms with Gasteiger partial charge in [0.1, 0.15) is 5.75 Å². The first-order valence-corrected chi connectivity index (χ1v) is 3.63. The quantitative estimate of drug-likeness (QED) is 0.294. The Balaban J connectivity index is 3.21. The van der Waals surface area contributed by atoms with Gasteiger partial charge in [-0.15, -0.1) is 0 Å². The molecule has 0 saturated heterocycles. The van der Waals surface area contributed by atoms with E-state index in [2.05, 4.69) is 0 Å². The Morgan fingerprint density at radius 1 is 1.36 bits per heavy atom. The molecule has 0 fully saturated rings. The Labute approximate surface area is 78.9 Å². The number of benzene rings is 1. The van der Waals surface area contributed by atoms with Crippen LogP contribution in [0.3, 0.4) is 0 Å². The summed E-state index contributed by atoms with van der Waals surface area (Å²) in [6, 6.07) is 3.35. The maximum absolute atomic E-state index is 11.0. The second-order valence-corrected chi connectivity index (χ2v) is 2.51. The van der Waals surface area contributed by atoms with Crippen molar-refractivity contribution in [1.29, 1.82) is 0 Å². The Bertz CT molecular complexity index is 389. The van der Waals surface area contributed by atoms with Crippen LogP contribution >= 0.6 is 0 Å². The fourth-order valence-corrected chi connectivity index (χ4v) is 0.929. The number of nitrogens with one attached hydrogen (secondary N) is 1. The zero-order chi connectivity index (χ0) is 10.7. The highest BCUT2D eigenvalue weighted by Gasteiger charge is 2.12. The minimum Gasteiger partial charge on any atom is -0.507 e. The molecule has 0 saturated carbocycles. The molecule has 0 atom stereocenters. The van der Waals surface area contributed by atoms with Crippen LogP contribution < -0.4 is 11.3 Å². The molecule has 0 heterocycles. The highest BCUT2D eigenvalue weighted by atomic mass is 16.4. The van der Waals surface area contributed by atoms with E-state index in [0.29, 0.717) is 0 Å². The van der Waals surface area contributed by atoms with E-state index in [9.17, 15) is 14.7 Å². The van der Waals surface area contributed by atoms with Crippen LogP contribution in [0.2, 0.25) is 0 Å². The van der Waals surface area contributed by atoms with Crippen molar-refractivity contribution in [2.75, 3.05) is 0 Å². The van der Waals surface area contributed by atoms with Crippen molar-refractivity contribution in [1.82, 2.24) is 5.43 Å². The fraction of sp³-hybridized carbons (Fsp3) is 0. The number of carbonyl (C=O) groups excluding carboxylic acids is 1. The number of nitrogens with two attached hydrogens (primary N) is 1. The number of carbonyl (C=O) groups is 2. The standard InChI is InChI=1S/C8H8N2O4/c9-10-7(12)5-3-4(8(13)14)1-2-6(5)11/h1-3,11H,9H2,(H,10,12)(H,13,14). The van der Waals surface area contributed by atoms with Gasteiger partial charge in [0.05, 0.1) is 11.1 Å². The minimum atomic E-state index is -1.18. The van der Waals surface area contributed by atoms with E-state index < -0.39 is 11.9 Å². The Morgan fingerprint density at radius 3 is 2.50 bits per heavy atom. The number of aromatic hydroxyl groups is 1. The zero-order valence-corrected chi connectivity index (χ0v) is 7.02. The van der Waals surface area contributed by atoms with E-state index >= 15 is 0 Å². The number of carboxylic acids is 1. The number of phenolic OH excluding ortho intramolecular Hbond substituents is 1. The van der Waals surface area contributed by atoms with E-state index in [0.717, 1.165) is 12.1 Å². The smallest absolute Gasteiger partial charge is 0.335 e. The number of phenols is 1. The number of hydrogen-bond donors (Lipinski definition) is 4. The molecule has 0 radical (unpaired) electrons. The molecule has 14 heavy (non-hydrogen) atoms. The van der Waals surface area contributed by atoms with Crippen molar-refractivity contribution in [2.45, 2.75) is 0 Å². The third-order valence-electron chi connectivity index (χ3n) is 1.62. The summed E-state index contributed by atoms with van der Waals surface area (Å²) in [6.45, 7) is 0. The lowest BCUT2D eigenvalue weighted by atomic mass is 10.1. The van der Waals surface area contributed by atoms with Gasteiger partial charge in [-0.25, -0.2) is 10.6 Å². The summed E-state index contributed by atoms with van der Waals surface area (Å²) in [4.78, 5) is 21.6. The predicted octanol–water partition coefficient (Wildman–Crippen LogP) is -0.306. The van der Waals surface area contributed by atoms with Gasteiger partial charge in [-0.1, -0.05) is 0 Å². The van der Waals surface area contributed by atoms with Crippen LogP contribution in [0.15, 0.2) is 18.2 Å². The summed E-state index contributed by atoms with van der Waals surface area (Å²) in [6.07, 6.45) is 0.